The Labute approximate surface area is 281 Å². The molecule has 0 aromatic heterocycles. The van der Waals surface area contributed by atoms with E-state index in [2.05, 4.69) is 63.8 Å². The summed E-state index contributed by atoms with van der Waals surface area (Å²) in [5.74, 6) is 0.453. The summed E-state index contributed by atoms with van der Waals surface area (Å²) < 4.78 is 47.7. The molecule has 1 aromatic carbocycles. The number of halogens is 1. The van der Waals surface area contributed by atoms with Crippen molar-refractivity contribution in [3.8, 4) is 0 Å². The third kappa shape index (κ3) is 8.68. The molecule has 0 aliphatic carbocycles. The Kier molecular flexibility index (Phi) is 13.2. The molecule has 8 heteroatoms. The third-order valence-electron chi connectivity index (χ3n) is 10.8. The molecule has 3 fully saturated rings. The van der Waals surface area contributed by atoms with Crippen molar-refractivity contribution in [2.24, 2.45) is 23.7 Å². The molecule has 2 unspecified atom stereocenters. The van der Waals surface area contributed by atoms with E-state index in [-0.39, 0.29) is 53.5 Å². The molecule has 3 heterocycles. The maximum atomic E-state index is 13.5. The topological polar surface area (TPSA) is 82.1 Å². The SMILES string of the molecule is C=C([C@H](C)CC1CC[C@@H]2O[C@@H](CCCC)C[C@]2(CI)O1)[C@H](O)CC1O[C@H](C[C@H](C)CC)[C@H](C)[C@H]1CS(=O)(=O)c1ccccc1. The van der Waals surface area contributed by atoms with E-state index in [1.54, 1.807) is 24.3 Å². The van der Waals surface area contributed by atoms with Crippen LogP contribution in [0.3, 0.4) is 0 Å². The molecule has 0 amide bonds. The molecule has 0 saturated carbocycles. The highest BCUT2D eigenvalue weighted by Crippen LogP contribution is 2.46. The summed E-state index contributed by atoms with van der Waals surface area (Å²) in [7, 11) is -3.50. The van der Waals surface area contributed by atoms with Crippen LogP contribution in [0.1, 0.15) is 98.8 Å². The van der Waals surface area contributed by atoms with Gasteiger partial charge in [0.15, 0.2) is 9.84 Å². The van der Waals surface area contributed by atoms with E-state index in [4.69, 9.17) is 14.2 Å². The fourth-order valence-electron chi connectivity index (χ4n) is 7.65. The minimum Gasteiger partial charge on any atom is -0.389 e. The van der Waals surface area contributed by atoms with Crippen molar-refractivity contribution in [2.45, 2.75) is 146 Å². The molecular formula is C36H57IO6S. The lowest BCUT2D eigenvalue weighted by Gasteiger charge is -2.42. The van der Waals surface area contributed by atoms with Crippen LogP contribution in [0.2, 0.25) is 0 Å². The van der Waals surface area contributed by atoms with E-state index >= 15 is 0 Å². The third-order valence-corrected chi connectivity index (χ3v) is 13.9. The Hall–Kier alpha value is -0.520. The Morgan fingerprint density at radius 2 is 1.80 bits per heavy atom. The van der Waals surface area contributed by atoms with Crippen molar-refractivity contribution < 1.29 is 27.7 Å². The summed E-state index contributed by atoms with van der Waals surface area (Å²) in [5.41, 5.74) is 0.575. The lowest BCUT2D eigenvalue weighted by atomic mass is 9.82. The Bertz CT molecular complexity index is 1160. The molecule has 1 aromatic rings. The molecule has 3 aliphatic rings. The zero-order valence-electron chi connectivity index (χ0n) is 27.6. The minimum absolute atomic E-state index is 0.0192. The summed E-state index contributed by atoms with van der Waals surface area (Å²) in [6.45, 7) is 15.2. The van der Waals surface area contributed by atoms with Crippen LogP contribution >= 0.6 is 22.6 Å². The molecule has 0 bridgehead atoms. The average molecular weight is 745 g/mol. The number of fused-ring (bicyclic) bond motifs is 1. The first-order chi connectivity index (χ1) is 20.9. The minimum atomic E-state index is -3.50. The van der Waals surface area contributed by atoms with Gasteiger partial charge >= 0.3 is 0 Å². The smallest absolute Gasteiger partial charge is 0.178 e. The number of aliphatic hydroxyl groups excluding tert-OH is 1. The lowest BCUT2D eigenvalue weighted by molar-refractivity contribution is -0.155. The van der Waals surface area contributed by atoms with E-state index in [1.165, 1.54) is 12.8 Å². The summed E-state index contributed by atoms with van der Waals surface area (Å²) in [4.78, 5) is 0.346. The second-order valence-corrected chi connectivity index (χ2v) is 16.9. The van der Waals surface area contributed by atoms with Crippen LogP contribution in [0.4, 0.5) is 0 Å². The molecule has 44 heavy (non-hydrogen) atoms. The van der Waals surface area contributed by atoms with E-state index in [0.717, 1.165) is 54.9 Å². The lowest BCUT2D eigenvalue weighted by Crippen LogP contribution is -2.50. The van der Waals surface area contributed by atoms with Gasteiger partial charge in [-0.3, -0.25) is 0 Å². The largest absolute Gasteiger partial charge is 0.389 e. The molecule has 0 radical (unpaired) electrons. The summed E-state index contributed by atoms with van der Waals surface area (Å²) >= 11 is 2.47. The summed E-state index contributed by atoms with van der Waals surface area (Å²) in [5, 5.41) is 11.5. The number of benzene rings is 1. The fourth-order valence-corrected chi connectivity index (χ4v) is 10.4. The van der Waals surface area contributed by atoms with E-state index < -0.39 is 15.9 Å². The van der Waals surface area contributed by atoms with Gasteiger partial charge in [-0.1, -0.05) is 101 Å². The Morgan fingerprint density at radius 3 is 2.45 bits per heavy atom. The number of hydrogen-bond acceptors (Lipinski definition) is 6. The van der Waals surface area contributed by atoms with Crippen LogP contribution in [-0.2, 0) is 24.0 Å². The highest BCUT2D eigenvalue weighted by molar-refractivity contribution is 14.1. The molecule has 4 rings (SSSR count). The van der Waals surface area contributed by atoms with Crippen molar-refractivity contribution in [3.05, 3.63) is 42.5 Å². The number of aliphatic hydroxyl groups is 1. The summed E-state index contributed by atoms with van der Waals surface area (Å²) in [6.07, 6.45) is 8.97. The summed E-state index contributed by atoms with van der Waals surface area (Å²) in [6, 6.07) is 8.70. The van der Waals surface area contributed by atoms with Crippen molar-refractivity contribution in [3.63, 3.8) is 0 Å². The van der Waals surface area contributed by atoms with Gasteiger partial charge < -0.3 is 19.3 Å². The van der Waals surface area contributed by atoms with Gasteiger partial charge in [-0.25, -0.2) is 8.42 Å². The van der Waals surface area contributed by atoms with Gasteiger partial charge in [0.2, 0.25) is 0 Å². The first-order valence-electron chi connectivity index (χ1n) is 17.1. The normalized spacial score (nSPS) is 34.4. The van der Waals surface area contributed by atoms with Crippen molar-refractivity contribution >= 4 is 32.4 Å². The zero-order chi connectivity index (χ0) is 32.1. The van der Waals surface area contributed by atoms with Gasteiger partial charge in [0, 0.05) is 23.2 Å². The zero-order valence-corrected chi connectivity index (χ0v) is 30.6. The number of unbranched alkanes of at least 4 members (excludes halogenated alkanes) is 1. The van der Waals surface area contributed by atoms with E-state index in [1.807, 2.05) is 6.07 Å². The highest BCUT2D eigenvalue weighted by atomic mass is 127. The van der Waals surface area contributed by atoms with Gasteiger partial charge in [-0.2, -0.15) is 0 Å². The van der Waals surface area contributed by atoms with Gasteiger partial charge in [-0.05, 0) is 67.6 Å². The maximum absolute atomic E-state index is 13.5. The molecule has 0 spiro atoms. The van der Waals surface area contributed by atoms with Gasteiger partial charge in [0.05, 0.1) is 47.3 Å². The van der Waals surface area contributed by atoms with Crippen LogP contribution in [-0.4, -0.2) is 65.9 Å². The predicted octanol–water partition coefficient (Wildman–Crippen LogP) is 7.95. The quantitative estimate of drug-likeness (QED) is 0.105. The molecule has 3 saturated heterocycles. The number of alkyl halides is 1. The van der Waals surface area contributed by atoms with E-state index in [9.17, 15) is 13.5 Å². The van der Waals surface area contributed by atoms with Crippen LogP contribution < -0.4 is 0 Å². The Morgan fingerprint density at radius 1 is 1.07 bits per heavy atom. The van der Waals surface area contributed by atoms with Crippen LogP contribution in [0, 0.1) is 23.7 Å². The number of ether oxygens (including phenoxy) is 3. The molecule has 11 atom stereocenters. The number of hydrogen-bond donors (Lipinski definition) is 1. The van der Waals surface area contributed by atoms with Crippen molar-refractivity contribution in [1.29, 1.82) is 0 Å². The Balaban J connectivity index is 1.40. The van der Waals surface area contributed by atoms with Crippen molar-refractivity contribution in [2.75, 3.05) is 10.2 Å². The number of rotatable bonds is 16. The second kappa shape index (κ2) is 16.1. The van der Waals surface area contributed by atoms with Gasteiger partial charge in [-0.15, -0.1) is 0 Å². The van der Waals surface area contributed by atoms with Gasteiger partial charge in [0.25, 0.3) is 0 Å². The monoisotopic (exact) mass is 744 g/mol. The van der Waals surface area contributed by atoms with Crippen LogP contribution in [0.25, 0.3) is 0 Å². The highest BCUT2D eigenvalue weighted by Gasteiger charge is 2.52. The predicted molar refractivity (Wildman–Crippen MR) is 186 cm³/mol. The number of sulfone groups is 1. The second-order valence-electron chi connectivity index (χ2n) is 14.2. The van der Waals surface area contributed by atoms with Crippen molar-refractivity contribution in [1.82, 2.24) is 0 Å². The van der Waals surface area contributed by atoms with Crippen LogP contribution in [0.15, 0.2) is 47.4 Å². The van der Waals surface area contributed by atoms with E-state index in [0.29, 0.717) is 23.3 Å². The van der Waals surface area contributed by atoms with Gasteiger partial charge in [0.1, 0.15) is 5.60 Å². The maximum Gasteiger partial charge on any atom is 0.178 e. The standard InChI is InChI=1S/C36H57IO6S/c1-7-9-13-29-21-36(23-37)35(41-29)17-16-28(43-36)19-25(4)26(5)32(38)20-34-31(27(6)33(42-34)18-24(3)8-2)22-44(39,40)30-14-11-10-12-15-30/h10-12,14-15,24-25,27-29,31-35,38H,5,7-9,13,16-23H2,1-4,6H3/t24-,25-,27-,28?,29+,31-,32-,33-,34?,35+,36-/m1/s1. The molecule has 1 N–H and O–H groups in total. The molecule has 250 valence electrons. The molecular weight excluding hydrogens is 687 g/mol. The average Bonchev–Trinajstić information content (AvgIpc) is 3.52. The first kappa shape index (κ1) is 36.3. The molecule has 3 aliphatic heterocycles. The first-order valence-corrected chi connectivity index (χ1v) is 20.3. The molecule has 6 nitrogen and oxygen atoms in total. The van der Waals surface area contributed by atoms with Crippen LogP contribution in [0.5, 0.6) is 0 Å². The fraction of sp³-hybridized carbons (Fsp3) is 0.778.